The van der Waals surface area contributed by atoms with Crippen molar-refractivity contribution in [2.24, 2.45) is 5.92 Å². The van der Waals surface area contributed by atoms with Crippen LogP contribution < -0.4 is 4.90 Å². The molecule has 16 heavy (non-hydrogen) atoms. The number of aromatic nitrogens is 1. The predicted molar refractivity (Wildman–Crippen MR) is 64.3 cm³/mol. The molecule has 1 unspecified atom stereocenters. The van der Waals surface area contributed by atoms with Gasteiger partial charge in [-0.2, -0.15) is 5.26 Å². The van der Waals surface area contributed by atoms with Gasteiger partial charge in [-0.3, -0.25) is 0 Å². The first-order chi connectivity index (χ1) is 7.70. The Bertz CT molecular complexity index is 420. The summed E-state index contributed by atoms with van der Waals surface area (Å²) in [6.07, 6.45) is 2.48. The summed E-state index contributed by atoms with van der Waals surface area (Å²) in [5, 5.41) is 9.09. The number of anilines is 1. The van der Waals surface area contributed by atoms with E-state index in [-0.39, 0.29) is 0 Å². The molecule has 1 saturated heterocycles. The Labute approximate surface area is 96.7 Å². The first-order valence-corrected chi connectivity index (χ1v) is 5.83. The normalized spacial score (nSPS) is 20.6. The number of nitrogens with zero attached hydrogens (tertiary/aromatic N) is 3. The van der Waals surface area contributed by atoms with E-state index in [9.17, 15) is 0 Å². The van der Waals surface area contributed by atoms with E-state index in [4.69, 9.17) is 5.26 Å². The third-order valence-electron chi connectivity index (χ3n) is 3.09. The van der Waals surface area contributed by atoms with Gasteiger partial charge in [-0.15, -0.1) is 0 Å². The number of aryl methyl sites for hydroxylation is 1. The van der Waals surface area contributed by atoms with E-state index < -0.39 is 0 Å². The summed E-state index contributed by atoms with van der Waals surface area (Å²) in [4.78, 5) is 6.76. The van der Waals surface area contributed by atoms with Gasteiger partial charge in [-0.1, -0.05) is 6.92 Å². The topological polar surface area (TPSA) is 39.9 Å². The van der Waals surface area contributed by atoms with Gasteiger partial charge in [-0.25, -0.2) is 4.98 Å². The second kappa shape index (κ2) is 4.52. The highest BCUT2D eigenvalue weighted by molar-refractivity contribution is 5.54. The maximum atomic E-state index is 9.09. The lowest BCUT2D eigenvalue weighted by atomic mass is 10.00. The number of rotatable bonds is 1. The number of hydrogen-bond acceptors (Lipinski definition) is 3. The summed E-state index contributed by atoms with van der Waals surface area (Å²) in [5.74, 6) is 1.57. The number of pyridine rings is 1. The zero-order valence-electron chi connectivity index (χ0n) is 9.90. The van der Waals surface area contributed by atoms with Crippen molar-refractivity contribution in [3.63, 3.8) is 0 Å². The third-order valence-corrected chi connectivity index (χ3v) is 3.09. The maximum Gasteiger partial charge on any atom is 0.146 e. The van der Waals surface area contributed by atoms with Gasteiger partial charge in [0.2, 0.25) is 0 Å². The van der Waals surface area contributed by atoms with E-state index in [1.807, 2.05) is 19.1 Å². The molecule has 1 aliphatic rings. The molecule has 1 aliphatic heterocycles. The lowest BCUT2D eigenvalue weighted by molar-refractivity contribution is 0.444. The smallest absolute Gasteiger partial charge is 0.146 e. The average molecular weight is 215 g/mol. The molecule has 0 amide bonds. The fourth-order valence-electron chi connectivity index (χ4n) is 2.25. The van der Waals surface area contributed by atoms with Gasteiger partial charge in [0.25, 0.3) is 0 Å². The minimum absolute atomic E-state index is 0.694. The second-order valence-corrected chi connectivity index (χ2v) is 4.63. The van der Waals surface area contributed by atoms with Crippen LogP contribution in [0.5, 0.6) is 0 Å². The Kier molecular flexibility index (Phi) is 3.09. The van der Waals surface area contributed by atoms with Gasteiger partial charge in [0.05, 0.1) is 5.56 Å². The zero-order chi connectivity index (χ0) is 11.5. The molecule has 1 atom stereocenters. The van der Waals surface area contributed by atoms with Gasteiger partial charge in [0.15, 0.2) is 0 Å². The van der Waals surface area contributed by atoms with Crippen LogP contribution in [0.15, 0.2) is 12.1 Å². The monoisotopic (exact) mass is 215 g/mol. The van der Waals surface area contributed by atoms with Crippen molar-refractivity contribution in [3.05, 3.63) is 23.4 Å². The molecule has 0 spiro atoms. The minimum Gasteiger partial charge on any atom is -0.355 e. The number of nitriles is 1. The van der Waals surface area contributed by atoms with E-state index in [1.54, 1.807) is 0 Å². The Hall–Kier alpha value is -1.56. The fraction of sp³-hybridized carbons (Fsp3) is 0.538. The van der Waals surface area contributed by atoms with Crippen molar-refractivity contribution >= 4 is 5.82 Å². The molecule has 0 bridgehead atoms. The van der Waals surface area contributed by atoms with Crippen LogP contribution in [0.3, 0.4) is 0 Å². The lowest BCUT2D eigenvalue weighted by Gasteiger charge is -2.32. The molecule has 0 saturated carbocycles. The summed E-state index contributed by atoms with van der Waals surface area (Å²) in [6, 6.07) is 6.00. The van der Waals surface area contributed by atoms with Gasteiger partial charge in [-0.05, 0) is 37.8 Å². The number of hydrogen-bond donors (Lipinski definition) is 0. The zero-order valence-corrected chi connectivity index (χ0v) is 9.90. The summed E-state index contributed by atoms with van der Waals surface area (Å²) < 4.78 is 0. The van der Waals surface area contributed by atoms with Crippen LogP contribution >= 0.6 is 0 Å². The van der Waals surface area contributed by atoms with Crippen LogP contribution in [0.1, 0.15) is 31.0 Å². The Morgan fingerprint density at radius 2 is 2.31 bits per heavy atom. The lowest BCUT2D eigenvalue weighted by Crippen LogP contribution is -2.35. The Morgan fingerprint density at radius 1 is 1.50 bits per heavy atom. The maximum absolute atomic E-state index is 9.09. The molecule has 84 valence electrons. The third kappa shape index (κ3) is 2.16. The molecular formula is C13H17N3. The van der Waals surface area contributed by atoms with Crippen molar-refractivity contribution < 1.29 is 0 Å². The predicted octanol–water partition coefficient (Wildman–Crippen LogP) is 2.50. The molecule has 2 rings (SSSR count). The molecule has 1 aromatic heterocycles. The fourth-order valence-corrected chi connectivity index (χ4v) is 2.25. The van der Waals surface area contributed by atoms with E-state index in [0.717, 1.165) is 24.6 Å². The van der Waals surface area contributed by atoms with Crippen LogP contribution in [0.4, 0.5) is 5.82 Å². The average Bonchev–Trinajstić information content (AvgIpc) is 2.29. The van der Waals surface area contributed by atoms with Crippen molar-refractivity contribution in [2.75, 3.05) is 18.0 Å². The Morgan fingerprint density at radius 3 is 3.00 bits per heavy atom. The van der Waals surface area contributed by atoms with Gasteiger partial charge in [0.1, 0.15) is 11.9 Å². The van der Waals surface area contributed by atoms with E-state index in [1.165, 1.54) is 12.8 Å². The largest absolute Gasteiger partial charge is 0.355 e. The molecule has 3 nitrogen and oxygen atoms in total. The highest BCUT2D eigenvalue weighted by Gasteiger charge is 2.19. The van der Waals surface area contributed by atoms with Gasteiger partial charge < -0.3 is 4.90 Å². The first kappa shape index (κ1) is 10.9. The van der Waals surface area contributed by atoms with Crippen molar-refractivity contribution in [1.29, 1.82) is 5.26 Å². The molecule has 0 aromatic carbocycles. The Balaban J connectivity index is 2.31. The summed E-state index contributed by atoms with van der Waals surface area (Å²) in [6.45, 7) is 6.27. The molecule has 0 N–H and O–H groups in total. The van der Waals surface area contributed by atoms with Crippen LogP contribution in [-0.4, -0.2) is 18.1 Å². The highest BCUT2D eigenvalue weighted by atomic mass is 15.2. The molecule has 3 heteroatoms. The molecule has 1 fully saturated rings. The first-order valence-electron chi connectivity index (χ1n) is 5.83. The van der Waals surface area contributed by atoms with E-state index >= 15 is 0 Å². The molecule has 0 radical (unpaired) electrons. The quantitative estimate of drug-likeness (QED) is 0.722. The minimum atomic E-state index is 0.694. The van der Waals surface area contributed by atoms with Gasteiger partial charge in [0, 0.05) is 18.8 Å². The van der Waals surface area contributed by atoms with Crippen LogP contribution in [-0.2, 0) is 0 Å². The second-order valence-electron chi connectivity index (χ2n) is 4.63. The molecule has 0 aliphatic carbocycles. The van der Waals surface area contributed by atoms with Crippen LogP contribution in [0, 0.1) is 24.2 Å². The van der Waals surface area contributed by atoms with Crippen molar-refractivity contribution in [3.8, 4) is 6.07 Å². The van der Waals surface area contributed by atoms with Crippen LogP contribution in [0.2, 0.25) is 0 Å². The standard InChI is InChI=1S/C13H17N3/c1-10-4-3-7-16(9-10)13-12(8-14)6-5-11(2)15-13/h5-6,10H,3-4,7,9H2,1-2H3. The summed E-state index contributed by atoms with van der Waals surface area (Å²) in [7, 11) is 0. The van der Waals surface area contributed by atoms with E-state index in [0.29, 0.717) is 11.5 Å². The van der Waals surface area contributed by atoms with Crippen molar-refractivity contribution in [2.45, 2.75) is 26.7 Å². The molecule has 1 aromatic rings. The van der Waals surface area contributed by atoms with E-state index in [2.05, 4.69) is 22.9 Å². The van der Waals surface area contributed by atoms with Crippen molar-refractivity contribution in [1.82, 2.24) is 4.98 Å². The van der Waals surface area contributed by atoms with Crippen LogP contribution in [0.25, 0.3) is 0 Å². The van der Waals surface area contributed by atoms with Gasteiger partial charge >= 0.3 is 0 Å². The summed E-state index contributed by atoms with van der Waals surface area (Å²) >= 11 is 0. The summed E-state index contributed by atoms with van der Waals surface area (Å²) in [5.41, 5.74) is 1.67. The SMILES string of the molecule is Cc1ccc(C#N)c(N2CCCC(C)C2)n1. The molecular weight excluding hydrogens is 198 g/mol. The number of piperidine rings is 1. The highest BCUT2D eigenvalue weighted by Crippen LogP contribution is 2.24. The molecule has 2 heterocycles.